The highest BCUT2D eigenvalue weighted by Crippen LogP contribution is 2.37. The van der Waals surface area contributed by atoms with Gasteiger partial charge in [-0.3, -0.25) is 14.9 Å². The van der Waals surface area contributed by atoms with Crippen LogP contribution in [0.3, 0.4) is 0 Å². The predicted molar refractivity (Wildman–Crippen MR) is 79.2 cm³/mol. The van der Waals surface area contributed by atoms with E-state index in [1.54, 1.807) is 0 Å². The van der Waals surface area contributed by atoms with Crippen molar-refractivity contribution in [2.75, 3.05) is 0 Å². The van der Waals surface area contributed by atoms with Gasteiger partial charge >= 0.3 is 0 Å². The molecular weight excluding hydrogens is 250 g/mol. The fourth-order valence-electron chi connectivity index (χ4n) is 3.16. The number of piperidine rings is 1. The first-order valence-electron chi connectivity index (χ1n) is 7.43. The van der Waals surface area contributed by atoms with Crippen molar-refractivity contribution >= 4 is 11.8 Å². The second-order valence-corrected chi connectivity index (χ2v) is 5.93. The van der Waals surface area contributed by atoms with Crippen LogP contribution < -0.4 is 5.32 Å². The Kier molecular flexibility index (Phi) is 4.58. The molecule has 2 amide bonds. The van der Waals surface area contributed by atoms with Crippen molar-refractivity contribution in [1.29, 1.82) is 0 Å². The normalized spacial score (nSPS) is 24.4. The molecule has 3 nitrogen and oxygen atoms in total. The number of carbonyl (C=O) groups is 2. The van der Waals surface area contributed by atoms with E-state index in [9.17, 15) is 9.59 Å². The number of amides is 2. The zero-order valence-electron chi connectivity index (χ0n) is 12.5. The van der Waals surface area contributed by atoms with E-state index in [0.717, 1.165) is 18.4 Å². The summed E-state index contributed by atoms with van der Waals surface area (Å²) in [4.78, 5) is 24.0. The number of hydrogen-bond acceptors (Lipinski definition) is 2. The maximum atomic E-state index is 12.3. The van der Waals surface area contributed by atoms with Crippen molar-refractivity contribution in [2.24, 2.45) is 11.8 Å². The second-order valence-electron chi connectivity index (χ2n) is 5.93. The van der Waals surface area contributed by atoms with E-state index in [1.165, 1.54) is 5.56 Å². The molecule has 0 aliphatic carbocycles. The molecule has 1 heterocycles. The predicted octanol–water partition coefficient (Wildman–Crippen LogP) is 3.18. The van der Waals surface area contributed by atoms with Gasteiger partial charge in [0.05, 0.1) is 5.92 Å². The van der Waals surface area contributed by atoms with Gasteiger partial charge in [-0.2, -0.15) is 0 Å². The van der Waals surface area contributed by atoms with Crippen LogP contribution in [0.2, 0.25) is 0 Å². The van der Waals surface area contributed by atoms with Gasteiger partial charge in [0.1, 0.15) is 0 Å². The molecule has 1 aromatic rings. The number of rotatable bonds is 4. The zero-order chi connectivity index (χ0) is 14.7. The summed E-state index contributed by atoms with van der Waals surface area (Å²) in [7, 11) is 0. The van der Waals surface area contributed by atoms with Crippen LogP contribution in [0, 0.1) is 18.8 Å². The molecule has 1 N–H and O–H groups in total. The van der Waals surface area contributed by atoms with E-state index < -0.39 is 0 Å². The number of imide groups is 1. The van der Waals surface area contributed by atoms with Gasteiger partial charge in [0.15, 0.2) is 0 Å². The molecule has 108 valence electrons. The first-order chi connectivity index (χ1) is 9.52. The summed E-state index contributed by atoms with van der Waals surface area (Å²) in [6, 6.07) is 8.09. The molecule has 0 saturated carbocycles. The Morgan fingerprint density at radius 2 is 1.90 bits per heavy atom. The van der Waals surface area contributed by atoms with Crippen LogP contribution in [0.25, 0.3) is 0 Å². The first-order valence-corrected chi connectivity index (χ1v) is 7.43. The summed E-state index contributed by atoms with van der Waals surface area (Å²) in [6.07, 6.45) is 2.58. The van der Waals surface area contributed by atoms with E-state index in [0.29, 0.717) is 12.3 Å². The van der Waals surface area contributed by atoms with Crippen LogP contribution in [0.4, 0.5) is 0 Å². The van der Waals surface area contributed by atoms with Crippen LogP contribution in [-0.2, 0) is 9.59 Å². The fourth-order valence-corrected chi connectivity index (χ4v) is 3.16. The molecule has 3 atom stereocenters. The van der Waals surface area contributed by atoms with E-state index in [1.807, 2.05) is 31.2 Å². The molecule has 1 saturated heterocycles. The molecule has 3 unspecified atom stereocenters. The summed E-state index contributed by atoms with van der Waals surface area (Å²) in [5.41, 5.74) is 2.20. The topological polar surface area (TPSA) is 46.2 Å². The molecule has 0 aromatic heterocycles. The highest BCUT2D eigenvalue weighted by Gasteiger charge is 2.39. The summed E-state index contributed by atoms with van der Waals surface area (Å²) in [5, 5.41) is 2.49. The Bertz CT molecular complexity index is 492. The van der Waals surface area contributed by atoms with Gasteiger partial charge in [0.25, 0.3) is 0 Å². The third kappa shape index (κ3) is 3.09. The average Bonchev–Trinajstić information content (AvgIpc) is 2.39. The van der Waals surface area contributed by atoms with Gasteiger partial charge in [0.2, 0.25) is 11.8 Å². The second kappa shape index (κ2) is 6.21. The lowest BCUT2D eigenvalue weighted by atomic mass is 9.72. The molecule has 0 radical (unpaired) electrons. The minimum Gasteiger partial charge on any atom is -0.296 e. The number of nitrogens with one attached hydrogen (secondary N) is 1. The average molecular weight is 273 g/mol. The molecule has 2 rings (SSSR count). The third-order valence-corrected chi connectivity index (χ3v) is 4.31. The van der Waals surface area contributed by atoms with Crippen molar-refractivity contribution in [3.8, 4) is 0 Å². The van der Waals surface area contributed by atoms with Crippen LogP contribution in [0.1, 0.15) is 50.2 Å². The maximum Gasteiger partial charge on any atom is 0.234 e. The Morgan fingerprint density at radius 3 is 2.50 bits per heavy atom. The zero-order valence-corrected chi connectivity index (χ0v) is 12.5. The van der Waals surface area contributed by atoms with Crippen molar-refractivity contribution in [3.05, 3.63) is 35.4 Å². The Balaban J connectivity index is 2.31. The minimum atomic E-state index is -0.199. The van der Waals surface area contributed by atoms with E-state index in [4.69, 9.17) is 0 Å². The van der Waals surface area contributed by atoms with Gasteiger partial charge in [-0.1, -0.05) is 56.5 Å². The maximum absolute atomic E-state index is 12.3. The molecular formula is C17H23NO2. The quantitative estimate of drug-likeness (QED) is 0.856. The summed E-state index contributed by atoms with van der Waals surface area (Å²) in [6.45, 7) is 6.33. The fraction of sp³-hybridized carbons (Fsp3) is 0.529. The number of hydrogen-bond donors (Lipinski definition) is 1. The van der Waals surface area contributed by atoms with E-state index >= 15 is 0 Å². The van der Waals surface area contributed by atoms with Crippen molar-refractivity contribution in [2.45, 2.75) is 46.0 Å². The summed E-state index contributed by atoms with van der Waals surface area (Å²) < 4.78 is 0. The molecule has 0 spiro atoms. The lowest BCUT2D eigenvalue weighted by molar-refractivity contribution is -0.137. The van der Waals surface area contributed by atoms with Gasteiger partial charge in [-0.05, 0) is 24.3 Å². The smallest absolute Gasteiger partial charge is 0.234 e. The molecule has 1 aliphatic rings. The molecule has 1 aliphatic heterocycles. The van der Waals surface area contributed by atoms with Crippen molar-refractivity contribution in [3.63, 3.8) is 0 Å². The summed E-state index contributed by atoms with van der Waals surface area (Å²) in [5.74, 6) is 0.0134. The molecule has 20 heavy (non-hydrogen) atoms. The third-order valence-electron chi connectivity index (χ3n) is 4.31. The van der Waals surface area contributed by atoms with E-state index in [-0.39, 0.29) is 23.7 Å². The Hall–Kier alpha value is -1.64. The Labute approximate surface area is 120 Å². The highest BCUT2D eigenvalue weighted by atomic mass is 16.2. The number of aryl methyl sites for hydroxylation is 1. The molecule has 1 fully saturated rings. The summed E-state index contributed by atoms with van der Waals surface area (Å²) >= 11 is 0. The van der Waals surface area contributed by atoms with Crippen LogP contribution in [-0.4, -0.2) is 11.8 Å². The van der Waals surface area contributed by atoms with Crippen LogP contribution in [0.5, 0.6) is 0 Å². The SMILES string of the molecule is CCCC(C)C1CC(=O)NC(=O)C1c1ccc(C)cc1. The van der Waals surface area contributed by atoms with Crippen LogP contribution in [0.15, 0.2) is 24.3 Å². The number of benzene rings is 1. The largest absolute Gasteiger partial charge is 0.296 e. The number of carbonyl (C=O) groups excluding carboxylic acids is 2. The Morgan fingerprint density at radius 1 is 1.25 bits per heavy atom. The standard InChI is InChI=1S/C17H23NO2/c1-4-5-12(3)14-10-15(19)18-17(20)16(14)13-8-6-11(2)7-9-13/h6-9,12,14,16H,4-5,10H2,1-3H3,(H,18,19,20). The van der Waals surface area contributed by atoms with Crippen LogP contribution >= 0.6 is 0 Å². The lowest BCUT2D eigenvalue weighted by Crippen LogP contribution is -2.46. The van der Waals surface area contributed by atoms with Gasteiger partial charge in [-0.25, -0.2) is 0 Å². The first kappa shape index (κ1) is 14.8. The van der Waals surface area contributed by atoms with Gasteiger partial charge in [-0.15, -0.1) is 0 Å². The molecule has 1 aromatic carbocycles. The highest BCUT2D eigenvalue weighted by molar-refractivity contribution is 6.01. The van der Waals surface area contributed by atoms with Gasteiger partial charge < -0.3 is 0 Å². The van der Waals surface area contributed by atoms with Gasteiger partial charge in [0, 0.05) is 6.42 Å². The van der Waals surface area contributed by atoms with Crippen molar-refractivity contribution < 1.29 is 9.59 Å². The van der Waals surface area contributed by atoms with Crippen molar-refractivity contribution in [1.82, 2.24) is 5.32 Å². The minimum absolute atomic E-state index is 0.110. The van der Waals surface area contributed by atoms with E-state index in [2.05, 4.69) is 19.2 Å². The molecule has 0 bridgehead atoms. The molecule has 3 heteroatoms. The lowest BCUT2D eigenvalue weighted by Gasteiger charge is -2.34. The monoisotopic (exact) mass is 273 g/mol.